The standard InChI is InChI=1S/C20H22N2O3S2/c23-10-11-25-12-13-26-20-21-18-17(15-8-4-5-9-16(15)27-18)19(24)22(20)14-6-2-1-3-7-14/h1-3,6-7,23H,4-5,8-13H2. The van der Waals surface area contributed by atoms with Gasteiger partial charge in [-0.05, 0) is 43.4 Å². The number of hydrogen-bond acceptors (Lipinski definition) is 6. The van der Waals surface area contributed by atoms with E-state index in [1.807, 2.05) is 30.3 Å². The van der Waals surface area contributed by atoms with Crippen LogP contribution in [-0.4, -0.2) is 40.2 Å². The van der Waals surface area contributed by atoms with Crippen LogP contribution in [0.1, 0.15) is 23.3 Å². The van der Waals surface area contributed by atoms with Crippen molar-refractivity contribution in [3.63, 3.8) is 0 Å². The lowest BCUT2D eigenvalue weighted by Crippen LogP contribution is -2.22. The molecule has 0 radical (unpaired) electrons. The number of hydrogen-bond donors (Lipinski definition) is 1. The van der Waals surface area contributed by atoms with Gasteiger partial charge >= 0.3 is 0 Å². The Labute approximate surface area is 166 Å². The first-order chi connectivity index (χ1) is 13.3. The number of aromatic nitrogens is 2. The predicted octanol–water partition coefficient (Wildman–Crippen LogP) is 3.43. The number of benzene rings is 1. The maximum atomic E-state index is 13.5. The molecule has 142 valence electrons. The van der Waals surface area contributed by atoms with Crippen LogP contribution in [0.15, 0.2) is 40.3 Å². The van der Waals surface area contributed by atoms with E-state index in [9.17, 15) is 4.79 Å². The van der Waals surface area contributed by atoms with Crippen LogP contribution in [0.2, 0.25) is 0 Å². The molecular weight excluding hydrogens is 380 g/mol. The van der Waals surface area contributed by atoms with Crippen LogP contribution in [0.5, 0.6) is 0 Å². The Kier molecular flexibility index (Phi) is 5.92. The number of aliphatic hydroxyl groups excluding tert-OH is 1. The number of thioether (sulfide) groups is 1. The molecule has 0 aliphatic heterocycles. The van der Waals surface area contributed by atoms with Crippen molar-refractivity contribution in [1.29, 1.82) is 0 Å². The maximum Gasteiger partial charge on any atom is 0.267 e. The van der Waals surface area contributed by atoms with Gasteiger partial charge in [0.1, 0.15) is 4.83 Å². The molecule has 1 aromatic carbocycles. The summed E-state index contributed by atoms with van der Waals surface area (Å²) in [4.78, 5) is 20.5. The molecule has 0 saturated carbocycles. The van der Waals surface area contributed by atoms with E-state index in [0.29, 0.717) is 24.1 Å². The second-order valence-electron chi connectivity index (χ2n) is 6.45. The third-order valence-electron chi connectivity index (χ3n) is 4.67. The van der Waals surface area contributed by atoms with Gasteiger partial charge in [-0.25, -0.2) is 4.98 Å². The Morgan fingerprint density at radius 3 is 2.81 bits per heavy atom. The Morgan fingerprint density at radius 1 is 1.19 bits per heavy atom. The molecule has 4 rings (SSSR count). The number of rotatable bonds is 7. The van der Waals surface area contributed by atoms with Crippen molar-refractivity contribution >= 4 is 33.3 Å². The third kappa shape index (κ3) is 3.82. The van der Waals surface area contributed by atoms with E-state index >= 15 is 0 Å². The lowest BCUT2D eigenvalue weighted by molar-refractivity contribution is 0.103. The molecule has 5 nitrogen and oxygen atoms in total. The minimum Gasteiger partial charge on any atom is -0.394 e. The molecule has 0 spiro atoms. The van der Waals surface area contributed by atoms with Crippen molar-refractivity contribution in [2.24, 2.45) is 0 Å². The highest BCUT2D eigenvalue weighted by molar-refractivity contribution is 7.99. The summed E-state index contributed by atoms with van der Waals surface area (Å²) in [5.74, 6) is 0.676. The van der Waals surface area contributed by atoms with E-state index in [-0.39, 0.29) is 12.2 Å². The van der Waals surface area contributed by atoms with Gasteiger partial charge in [-0.2, -0.15) is 0 Å². The third-order valence-corrected chi connectivity index (χ3v) is 6.76. The van der Waals surface area contributed by atoms with Crippen LogP contribution in [-0.2, 0) is 17.6 Å². The molecule has 7 heteroatoms. The molecular formula is C20H22N2O3S2. The van der Waals surface area contributed by atoms with E-state index in [2.05, 4.69) is 0 Å². The highest BCUT2D eigenvalue weighted by Gasteiger charge is 2.22. The number of nitrogens with zero attached hydrogens (tertiary/aromatic N) is 2. The number of fused-ring (bicyclic) bond motifs is 3. The quantitative estimate of drug-likeness (QED) is 0.373. The Balaban J connectivity index is 1.79. The first-order valence-corrected chi connectivity index (χ1v) is 11.0. The van der Waals surface area contributed by atoms with E-state index in [0.717, 1.165) is 35.2 Å². The summed E-state index contributed by atoms with van der Waals surface area (Å²) in [6.07, 6.45) is 4.36. The molecule has 0 fully saturated rings. The Bertz CT molecular complexity index is 982. The van der Waals surface area contributed by atoms with E-state index < -0.39 is 0 Å². The monoisotopic (exact) mass is 402 g/mol. The van der Waals surface area contributed by atoms with Crippen LogP contribution in [0.3, 0.4) is 0 Å². The summed E-state index contributed by atoms with van der Waals surface area (Å²) in [5.41, 5.74) is 2.09. The predicted molar refractivity (Wildman–Crippen MR) is 110 cm³/mol. The molecule has 0 amide bonds. The first-order valence-electron chi connectivity index (χ1n) is 9.23. The van der Waals surface area contributed by atoms with Gasteiger partial charge in [0.25, 0.3) is 5.56 Å². The average Bonchev–Trinajstić information content (AvgIpc) is 3.07. The van der Waals surface area contributed by atoms with Gasteiger partial charge in [0.2, 0.25) is 0 Å². The highest BCUT2D eigenvalue weighted by Crippen LogP contribution is 2.35. The average molecular weight is 403 g/mol. The van der Waals surface area contributed by atoms with Crippen molar-refractivity contribution in [2.45, 2.75) is 30.8 Å². The molecule has 1 N–H and O–H groups in total. The summed E-state index contributed by atoms with van der Waals surface area (Å²) < 4.78 is 7.09. The van der Waals surface area contributed by atoms with Crippen molar-refractivity contribution in [1.82, 2.24) is 9.55 Å². The van der Waals surface area contributed by atoms with Crippen LogP contribution < -0.4 is 5.56 Å². The van der Waals surface area contributed by atoms with Crippen molar-refractivity contribution < 1.29 is 9.84 Å². The van der Waals surface area contributed by atoms with Crippen LogP contribution in [0.25, 0.3) is 15.9 Å². The van der Waals surface area contributed by atoms with Crippen molar-refractivity contribution in [2.75, 3.05) is 25.6 Å². The number of aryl methyl sites for hydroxylation is 2. The first kappa shape index (κ1) is 18.7. The fraction of sp³-hybridized carbons (Fsp3) is 0.400. The zero-order valence-corrected chi connectivity index (χ0v) is 16.7. The van der Waals surface area contributed by atoms with Crippen LogP contribution in [0, 0.1) is 0 Å². The Hall–Kier alpha value is -1.67. The number of para-hydroxylation sites is 1. The van der Waals surface area contributed by atoms with E-state index in [1.54, 1.807) is 15.9 Å². The number of ether oxygens (including phenoxy) is 1. The molecule has 1 aliphatic carbocycles. The van der Waals surface area contributed by atoms with Crippen molar-refractivity contribution in [3.05, 3.63) is 51.1 Å². The summed E-state index contributed by atoms with van der Waals surface area (Å²) in [5, 5.41) is 10.3. The van der Waals surface area contributed by atoms with Gasteiger partial charge in [0.05, 0.1) is 30.9 Å². The molecule has 27 heavy (non-hydrogen) atoms. The zero-order chi connectivity index (χ0) is 18.6. The SMILES string of the molecule is O=c1c2c3c(sc2nc(SCCOCCO)n1-c1ccccc1)CCCC3. The molecule has 1 aliphatic rings. The van der Waals surface area contributed by atoms with Crippen LogP contribution >= 0.6 is 23.1 Å². The van der Waals surface area contributed by atoms with E-state index in [4.69, 9.17) is 14.8 Å². The van der Waals surface area contributed by atoms with Crippen molar-refractivity contribution in [3.8, 4) is 5.69 Å². The largest absolute Gasteiger partial charge is 0.394 e. The lowest BCUT2D eigenvalue weighted by Gasteiger charge is -2.13. The minimum atomic E-state index is 0.0182. The molecule has 0 bridgehead atoms. The van der Waals surface area contributed by atoms with Gasteiger partial charge in [-0.15, -0.1) is 11.3 Å². The fourth-order valence-electron chi connectivity index (χ4n) is 3.45. The molecule has 0 saturated heterocycles. The summed E-state index contributed by atoms with van der Waals surface area (Å²) >= 11 is 3.20. The van der Waals surface area contributed by atoms with E-state index in [1.165, 1.54) is 28.6 Å². The number of thiophene rings is 1. The van der Waals surface area contributed by atoms with Gasteiger partial charge in [0.15, 0.2) is 5.16 Å². The second-order valence-corrected chi connectivity index (χ2v) is 8.59. The minimum absolute atomic E-state index is 0.0182. The van der Waals surface area contributed by atoms with Gasteiger partial charge in [-0.1, -0.05) is 30.0 Å². The lowest BCUT2D eigenvalue weighted by atomic mass is 9.97. The maximum absolute atomic E-state index is 13.5. The fourth-order valence-corrected chi connectivity index (χ4v) is 5.61. The van der Waals surface area contributed by atoms with Gasteiger partial charge < -0.3 is 9.84 Å². The summed E-state index contributed by atoms with van der Waals surface area (Å²) in [7, 11) is 0. The molecule has 2 heterocycles. The molecule has 0 unspecified atom stereocenters. The van der Waals surface area contributed by atoms with Gasteiger partial charge in [0, 0.05) is 10.6 Å². The van der Waals surface area contributed by atoms with Crippen LogP contribution in [0.4, 0.5) is 0 Å². The topological polar surface area (TPSA) is 64.3 Å². The number of aliphatic hydroxyl groups is 1. The smallest absolute Gasteiger partial charge is 0.267 e. The molecule has 3 aromatic rings. The molecule has 0 atom stereocenters. The zero-order valence-electron chi connectivity index (χ0n) is 15.0. The highest BCUT2D eigenvalue weighted by atomic mass is 32.2. The summed E-state index contributed by atoms with van der Waals surface area (Å²) in [6.45, 7) is 0.857. The summed E-state index contributed by atoms with van der Waals surface area (Å²) in [6, 6.07) is 9.71. The molecule has 2 aromatic heterocycles. The van der Waals surface area contributed by atoms with Gasteiger partial charge in [-0.3, -0.25) is 9.36 Å². The Morgan fingerprint density at radius 2 is 2.00 bits per heavy atom. The second kappa shape index (κ2) is 8.56. The normalized spacial score (nSPS) is 13.8.